The predicted molar refractivity (Wildman–Crippen MR) is 100 cm³/mol. The number of amides is 1. The zero-order valence-corrected chi connectivity index (χ0v) is 16.0. The fourth-order valence-electron chi connectivity index (χ4n) is 3.27. The summed E-state index contributed by atoms with van der Waals surface area (Å²) in [4.78, 5) is 21.7. The molecule has 1 aromatic rings. The molecule has 2 heterocycles. The minimum absolute atomic E-state index is 0.0730. The molecular weight excluding hydrogens is 373 g/mol. The summed E-state index contributed by atoms with van der Waals surface area (Å²) in [5, 5.41) is 9.11. The van der Waals surface area contributed by atoms with E-state index in [0.29, 0.717) is 32.5 Å². The van der Waals surface area contributed by atoms with Crippen LogP contribution in [-0.4, -0.2) is 59.0 Å². The molecule has 7 nitrogen and oxygen atoms in total. The maximum Gasteiger partial charge on any atom is 0.421 e. The Kier molecular flexibility index (Phi) is 6.26. The summed E-state index contributed by atoms with van der Waals surface area (Å²) in [5.74, 6) is 0.0631. The van der Waals surface area contributed by atoms with E-state index in [1.807, 2.05) is 6.92 Å². The molecule has 1 amide bonds. The smallest absolute Gasteiger partial charge is 0.369 e. The van der Waals surface area contributed by atoms with Crippen molar-refractivity contribution in [3.05, 3.63) is 11.8 Å². The molecule has 1 saturated heterocycles. The number of carbonyl (C=O) groups excluding carboxylic acids is 1. The molecule has 0 radical (unpaired) electrons. The van der Waals surface area contributed by atoms with E-state index in [1.54, 1.807) is 4.90 Å². The fourth-order valence-corrected chi connectivity index (χ4v) is 3.27. The van der Waals surface area contributed by atoms with Gasteiger partial charge in [0.15, 0.2) is 0 Å². The largest absolute Gasteiger partial charge is 0.421 e. The van der Waals surface area contributed by atoms with Crippen LogP contribution in [0.15, 0.2) is 6.20 Å². The van der Waals surface area contributed by atoms with E-state index in [9.17, 15) is 18.0 Å². The van der Waals surface area contributed by atoms with Crippen molar-refractivity contribution in [2.24, 2.45) is 0 Å². The second-order valence-corrected chi connectivity index (χ2v) is 7.37. The summed E-state index contributed by atoms with van der Waals surface area (Å²) in [6, 6.07) is 0. The number of halogens is 3. The van der Waals surface area contributed by atoms with Gasteiger partial charge in [-0.3, -0.25) is 4.79 Å². The Morgan fingerprint density at radius 3 is 2.79 bits per heavy atom. The number of nitrogens with zero attached hydrogens (tertiary/aromatic N) is 3. The molecule has 0 atom stereocenters. The number of aromatic nitrogens is 2. The lowest BCUT2D eigenvalue weighted by atomic mass is 10.2. The molecule has 0 spiro atoms. The number of anilines is 2. The predicted octanol–water partition coefficient (Wildman–Crippen LogP) is 2.47. The zero-order valence-electron chi connectivity index (χ0n) is 16.0. The third-order valence-corrected chi connectivity index (χ3v) is 5.33. The van der Waals surface area contributed by atoms with Crippen LogP contribution in [0.25, 0.3) is 0 Å². The van der Waals surface area contributed by atoms with Gasteiger partial charge in [0.2, 0.25) is 11.9 Å². The van der Waals surface area contributed by atoms with Crippen molar-refractivity contribution in [3.63, 3.8) is 0 Å². The highest BCUT2D eigenvalue weighted by molar-refractivity contribution is 5.76. The van der Waals surface area contributed by atoms with Gasteiger partial charge < -0.3 is 20.9 Å². The molecule has 3 N–H and O–H groups in total. The monoisotopic (exact) mass is 400 g/mol. The van der Waals surface area contributed by atoms with Gasteiger partial charge in [0, 0.05) is 50.9 Å². The molecule has 0 bridgehead atoms. The van der Waals surface area contributed by atoms with Gasteiger partial charge in [0.25, 0.3) is 0 Å². The number of alkyl halides is 3. The SMILES string of the molecule is CCC1(Nc2ncc(C(F)(F)F)c(NCCCN3CCNCCC3=O)n2)CC1. The number of carbonyl (C=O) groups is 1. The molecule has 1 aromatic heterocycles. The first-order valence-electron chi connectivity index (χ1n) is 9.78. The standard InChI is InChI=1S/C18H27F3N6O/c1-2-17(5-6-17)26-16-24-12-13(18(19,20)21)15(25-16)23-7-3-10-27-11-9-22-8-4-14(27)28/h12,22H,2-11H2,1H3,(H2,23,24,25,26). The molecule has 2 aliphatic rings. The Morgan fingerprint density at radius 2 is 2.11 bits per heavy atom. The highest BCUT2D eigenvalue weighted by atomic mass is 19.4. The van der Waals surface area contributed by atoms with Crippen LogP contribution in [0, 0.1) is 0 Å². The van der Waals surface area contributed by atoms with Gasteiger partial charge in [-0.25, -0.2) is 4.98 Å². The lowest BCUT2D eigenvalue weighted by Crippen LogP contribution is -2.34. The van der Waals surface area contributed by atoms with Gasteiger partial charge in [0.05, 0.1) is 0 Å². The second-order valence-electron chi connectivity index (χ2n) is 7.37. The first-order chi connectivity index (χ1) is 13.3. The van der Waals surface area contributed by atoms with Gasteiger partial charge in [-0.1, -0.05) is 6.92 Å². The van der Waals surface area contributed by atoms with E-state index in [0.717, 1.165) is 32.0 Å². The van der Waals surface area contributed by atoms with Crippen molar-refractivity contribution in [1.82, 2.24) is 20.2 Å². The van der Waals surface area contributed by atoms with Gasteiger partial charge in [-0.15, -0.1) is 0 Å². The molecule has 0 aromatic carbocycles. The van der Waals surface area contributed by atoms with Crippen LogP contribution >= 0.6 is 0 Å². The van der Waals surface area contributed by atoms with Crippen LogP contribution in [-0.2, 0) is 11.0 Å². The third-order valence-electron chi connectivity index (χ3n) is 5.33. The maximum absolute atomic E-state index is 13.3. The van der Waals surface area contributed by atoms with E-state index in [4.69, 9.17) is 0 Å². The minimum atomic E-state index is -4.53. The molecule has 1 saturated carbocycles. The lowest BCUT2D eigenvalue weighted by Gasteiger charge is -2.21. The summed E-state index contributed by atoms with van der Waals surface area (Å²) in [5.41, 5.74) is -0.965. The topological polar surface area (TPSA) is 82.2 Å². The summed E-state index contributed by atoms with van der Waals surface area (Å²) in [6.07, 6.45) is 0.0901. The highest BCUT2D eigenvalue weighted by Gasteiger charge is 2.42. The van der Waals surface area contributed by atoms with E-state index in [-0.39, 0.29) is 29.8 Å². The van der Waals surface area contributed by atoms with E-state index >= 15 is 0 Å². The zero-order chi connectivity index (χ0) is 20.2. The van der Waals surface area contributed by atoms with Gasteiger partial charge in [-0.2, -0.15) is 18.2 Å². The lowest BCUT2D eigenvalue weighted by molar-refractivity contribution is -0.137. The molecule has 1 aliphatic carbocycles. The molecule has 28 heavy (non-hydrogen) atoms. The van der Waals surface area contributed by atoms with Crippen molar-refractivity contribution >= 4 is 17.7 Å². The molecule has 1 aliphatic heterocycles. The summed E-state index contributed by atoms with van der Waals surface area (Å²) in [7, 11) is 0. The van der Waals surface area contributed by atoms with Crippen molar-refractivity contribution in [3.8, 4) is 0 Å². The van der Waals surface area contributed by atoms with Crippen LogP contribution in [0.3, 0.4) is 0 Å². The maximum atomic E-state index is 13.3. The van der Waals surface area contributed by atoms with Crippen LogP contribution < -0.4 is 16.0 Å². The van der Waals surface area contributed by atoms with E-state index < -0.39 is 11.7 Å². The molecule has 2 fully saturated rings. The van der Waals surface area contributed by atoms with Crippen LogP contribution in [0.2, 0.25) is 0 Å². The first kappa shape index (κ1) is 20.6. The molecular formula is C18H27F3N6O. The Hall–Kier alpha value is -2.10. The minimum Gasteiger partial charge on any atom is -0.369 e. The number of hydrogen-bond acceptors (Lipinski definition) is 6. The van der Waals surface area contributed by atoms with Crippen LogP contribution in [0.5, 0.6) is 0 Å². The Morgan fingerprint density at radius 1 is 1.32 bits per heavy atom. The normalized spacial score (nSPS) is 19.3. The summed E-state index contributed by atoms with van der Waals surface area (Å²) in [6.45, 7) is 4.84. The Bertz CT molecular complexity index is 692. The molecule has 3 rings (SSSR count). The molecule has 0 unspecified atom stereocenters. The van der Waals surface area contributed by atoms with Gasteiger partial charge in [0.1, 0.15) is 11.4 Å². The fraction of sp³-hybridized carbons (Fsp3) is 0.722. The summed E-state index contributed by atoms with van der Waals surface area (Å²) < 4.78 is 39.9. The van der Waals surface area contributed by atoms with Crippen molar-refractivity contribution in [2.75, 3.05) is 43.4 Å². The van der Waals surface area contributed by atoms with Crippen LogP contribution in [0.4, 0.5) is 24.9 Å². The third kappa shape index (κ3) is 5.24. The molecule has 156 valence electrons. The van der Waals surface area contributed by atoms with Crippen molar-refractivity contribution in [2.45, 2.75) is 50.7 Å². The van der Waals surface area contributed by atoms with Crippen LogP contribution in [0.1, 0.15) is 44.6 Å². The van der Waals surface area contributed by atoms with Crippen molar-refractivity contribution in [1.29, 1.82) is 0 Å². The Balaban J connectivity index is 1.61. The van der Waals surface area contributed by atoms with E-state index in [2.05, 4.69) is 25.9 Å². The van der Waals surface area contributed by atoms with E-state index in [1.165, 1.54) is 0 Å². The van der Waals surface area contributed by atoms with Gasteiger partial charge in [-0.05, 0) is 25.7 Å². The first-order valence-corrected chi connectivity index (χ1v) is 9.78. The van der Waals surface area contributed by atoms with Crippen molar-refractivity contribution < 1.29 is 18.0 Å². The number of rotatable bonds is 8. The second kappa shape index (κ2) is 8.50. The quantitative estimate of drug-likeness (QED) is 0.582. The number of hydrogen-bond donors (Lipinski definition) is 3. The average molecular weight is 400 g/mol. The number of nitrogens with one attached hydrogen (secondary N) is 3. The Labute approximate surface area is 162 Å². The highest BCUT2D eigenvalue weighted by Crippen LogP contribution is 2.41. The van der Waals surface area contributed by atoms with Gasteiger partial charge >= 0.3 is 6.18 Å². The molecule has 10 heteroatoms. The average Bonchev–Trinajstić information content (AvgIpc) is 3.44. The summed E-state index contributed by atoms with van der Waals surface area (Å²) >= 11 is 0.